The number of nitrogens with zero attached hydrogens (tertiary/aromatic N) is 1. The van der Waals surface area contributed by atoms with Crippen LogP contribution < -0.4 is 0 Å². The molecule has 0 N–H and O–H groups in total. The standard InChI is InChI=1S/C13H15NO2/c15-13-8-4-7-12(9-13)14-16-10-11-5-2-1-3-6-11/h1-3,5-6H,4,7-10H2/b14-12-. The number of ketones is 1. The van der Waals surface area contributed by atoms with Gasteiger partial charge in [-0.25, -0.2) is 0 Å². The van der Waals surface area contributed by atoms with Gasteiger partial charge in [0, 0.05) is 12.8 Å². The van der Waals surface area contributed by atoms with E-state index in [-0.39, 0.29) is 5.78 Å². The van der Waals surface area contributed by atoms with Crippen LogP contribution in [0.15, 0.2) is 35.5 Å². The van der Waals surface area contributed by atoms with Gasteiger partial charge < -0.3 is 4.84 Å². The minimum absolute atomic E-state index is 0.272. The molecule has 0 heterocycles. The Hall–Kier alpha value is -1.64. The Labute approximate surface area is 95.1 Å². The van der Waals surface area contributed by atoms with Crippen LogP contribution >= 0.6 is 0 Å². The highest BCUT2D eigenvalue weighted by molar-refractivity contribution is 6.03. The van der Waals surface area contributed by atoms with Gasteiger partial charge in [-0.1, -0.05) is 35.5 Å². The second-order valence-electron chi connectivity index (χ2n) is 3.99. The van der Waals surface area contributed by atoms with E-state index in [9.17, 15) is 4.79 Å². The van der Waals surface area contributed by atoms with E-state index in [0.29, 0.717) is 19.4 Å². The Bertz CT molecular complexity index is 384. The molecule has 0 unspecified atom stereocenters. The van der Waals surface area contributed by atoms with Crippen LogP contribution in [0.25, 0.3) is 0 Å². The average molecular weight is 217 g/mol. The molecule has 1 aromatic carbocycles. The van der Waals surface area contributed by atoms with Crippen molar-refractivity contribution >= 4 is 11.5 Å². The number of oxime groups is 1. The Balaban J connectivity index is 1.83. The van der Waals surface area contributed by atoms with Gasteiger partial charge in [0.2, 0.25) is 0 Å². The summed E-state index contributed by atoms with van der Waals surface area (Å²) in [4.78, 5) is 16.4. The molecular formula is C13H15NO2. The first kappa shape index (κ1) is 10.9. The molecule has 0 atom stereocenters. The first-order valence-electron chi connectivity index (χ1n) is 5.58. The van der Waals surface area contributed by atoms with Gasteiger partial charge in [-0.05, 0) is 18.4 Å². The van der Waals surface area contributed by atoms with Crippen LogP contribution in [0.4, 0.5) is 0 Å². The van der Waals surface area contributed by atoms with E-state index in [0.717, 1.165) is 24.1 Å². The van der Waals surface area contributed by atoms with Crippen LogP contribution in [-0.4, -0.2) is 11.5 Å². The highest BCUT2D eigenvalue weighted by atomic mass is 16.6. The van der Waals surface area contributed by atoms with Crippen molar-refractivity contribution < 1.29 is 9.63 Å². The highest BCUT2D eigenvalue weighted by Gasteiger charge is 2.14. The quantitative estimate of drug-likeness (QED) is 0.730. The summed E-state index contributed by atoms with van der Waals surface area (Å²) in [6, 6.07) is 9.89. The summed E-state index contributed by atoms with van der Waals surface area (Å²) in [5, 5.41) is 4.02. The van der Waals surface area contributed by atoms with Crippen molar-refractivity contribution in [3.63, 3.8) is 0 Å². The maximum absolute atomic E-state index is 11.2. The molecule has 1 aliphatic carbocycles. The molecule has 0 radical (unpaired) electrons. The van der Waals surface area contributed by atoms with E-state index in [1.807, 2.05) is 30.3 Å². The third kappa shape index (κ3) is 3.19. The maximum atomic E-state index is 11.2. The molecule has 0 aromatic heterocycles. The molecule has 2 rings (SSSR count). The Morgan fingerprint density at radius 2 is 2.00 bits per heavy atom. The van der Waals surface area contributed by atoms with Crippen LogP contribution in [0.1, 0.15) is 31.2 Å². The Kier molecular flexibility index (Phi) is 3.70. The lowest BCUT2D eigenvalue weighted by atomic mass is 9.98. The number of benzene rings is 1. The molecule has 3 nitrogen and oxygen atoms in total. The number of hydrogen-bond donors (Lipinski definition) is 0. The third-order valence-corrected chi connectivity index (χ3v) is 2.59. The second kappa shape index (κ2) is 5.45. The molecule has 1 aliphatic rings. The van der Waals surface area contributed by atoms with Crippen molar-refractivity contribution in [3.8, 4) is 0 Å². The second-order valence-corrected chi connectivity index (χ2v) is 3.99. The zero-order valence-electron chi connectivity index (χ0n) is 9.19. The summed E-state index contributed by atoms with van der Waals surface area (Å²) < 4.78 is 0. The summed E-state index contributed by atoms with van der Waals surface area (Å²) in [6.07, 6.45) is 2.96. The molecule has 16 heavy (non-hydrogen) atoms. The normalized spacial score (nSPS) is 18.8. The van der Waals surface area contributed by atoms with Gasteiger partial charge in [-0.2, -0.15) is 0 Å². The molecule has 3 heteroatoms. The summed E-state index contributed by atoms with van der Waals surface area (Å²) in [7, 11) is 0. The zero-order valence-corrected chi connectivity index (χ0v) is 9.19. The van der Waals surface area contributed by atoms with Crippen molar-refractivity contribution in [2.75, 3.05) is 0 Å². The number of carbonyl (C=O) groups is 1. The molecule has 1 saturated carbocycles. The molecule has 0 aliphatic heterocycles. The van der Waals surface area contributed by atoms with Gasteiger partial charge >= 0.3 is 0 Å². The third-order valence-electron chi connectivity index (χ3n) is 2.59. The van der Waals surface area contributed by atoms with E-state index in [4.69, 9.17) is 4.84 Å². The number of hydrogen-bond acceptors (Lipinski definition) is 3. The minimum atomic E-state index is 0.272. The molecule has 84 valence electrons. The molecule has 1 fully saturated rings. The maximum Gasteiger partial charge on any atom is 0.142 e. The van der Waals surface area contributed by atoms with Gasteiger partial charge in [-0.15, -0.1) is 0 Å². The molecule has 0 amide bonds. The van der Waals surface area contributed by atoms with Crippen molar-refractivity contribution in [2.24, 2.45) is 5.16 Å². The highest BCUT2D eigenvalue weighted by Crippen LogP contribution is 2.12. The van der Waals surface area contributed by atoms with E-state index < -0.39 is 0 Å². The predicted octanol–water partition coefficient (Wildman–Crippen LogP) is 2.70. The topological polar surface area (TPSA) is 38.7 Å². The van der Waals surface area contributed by atoms with Crippen LogP contribution in [0.2, 0.25) is 0 Å². The summed E-state index contributed by atoms with van der Waals surface area (Å²) >= 11 is 0. The van der Waals surface area contributed by atoms with Gasteiger partial charge in [-0.3, -0.25) is 4.79 Å². The smallest absolute Gasteiger partial charge is 0.142 e. The Morgan fingerprint density at radius 1 is 1.19 bits per heavy atom. The number of rotatable bonds is 3. The monoisotopic (exact) mass is 217 g/mol. The fourth-order valence-corrected chi connectivity index (χ4v) is 1.74. The molecule has 1 aromatic rings. The van der Waals surface area contributed by atoms with Gasteiger partial charge in [0.05, 0.1) is 5.71 Å². The summed E-state index contributed by atoms with van der Waals surface area (Å²) in [5.41, 5.74) is 1.97. The minimum Gasteiger partial charge on any atom is -0.391 e. The largest absolute Gasteiger partial charge is 0.391 e. The molecule has 0 bridgehead atoms. The summed E-state index contributed by atoms with van der Waals surface area (Å²) in [6.45, 7) is 0.471. The SMILES string of the molecule is O=C1CCC/C(=N/OCc2ccccc2)C1. The van der Waals surface area contributed by atoms with Crippen LogP contribution in [0, 0.1) is 0 Å². The fourth-order valence-electron chi connectivity index (χ4n) is 1.74. The zero-order chi connectivity index (χ0) is 11.2. The van der Waals surface area contributed by atoms with Crippen LogP contribution in [0.5, 0.6) is 0 Å². The first-order valence-corrected chi connectivity index (χ1v) is 5.58. The van der Waals surface area contributed by atoms with E-state index in [1.54, 1.807) is 0 Å². The molecule has 0 spiro atoms. The van der Waals surface area contributed by atoms with Crippen LogP contribution in [0.3, 0.4) is 0 Å². The van der Waals surface area contributed by atoms with Crippen molar-refractivity contribution in [1.82, 2.24) is 0 Å². The first-order chi connectivity index (χ1) is 7.84. The van der Waals surface area contributed by atoms with Crippen molar-refractivity contribution in [3.05, 3.63) is 35.9 Å². The van der Waals surface area contributed by atoms with Gasteiger partial charge in [0.1, 0.15) is 12.4 Å². The lowest BCUT2D eigenvalue weighted by Gasteiger charge is -2.10. The molecule has 0 saturated heterocycles. The predicted molar refractivity (Wildman–Crippen MR) is 62.1 cm³/mol. The van der Waals surface area contributed by atoms with Crippen LogP contribution in [-0.2, 0) is 16.2 Å². The molecular weight excluding hydrogens is 202 g/mol. The lowest BCUT2D eigenvalue weighted by Crippen LogP contribution is -2.14. The summed E-state index contributed by atoms with van der Waals surface area (Å²) in [5.74, 6) is 0.272. The average Bonchev–Trinajstić information content (AvgIpc) is 2.30. The van der Waals surface area contributed by atoms with E-state index in [2.05, 4.69) is 5.16 Å². The lowest BCUT2D eigenvalue weighted by molar-refractivity contribution is -0.118. The van der Waals surface area contributed by atoms with Gasteiger partial charge in [0.25, 0.3) is 0 Å². The number of Topliss-reactive ketones (excluding diaryl/α,β-unsaturated/α-hetero) is 1. The van der Waals surface area contributed by atoms with E-state index in [1.165, 1.54) is 0 Å². The fraction of sp³-hybridized carbons (Fsp3) is 0.385. The van der Waals surface area contributed by atoms with E-state index >= 15 is 0 Å². The van der Waals surface area contributed by atoms with Gasteiger partial charge in [0.15, 0.2) is 0 Å². The number of carbonyl (C=O) groups excluding carboxylic acids is 1. The Morgan fingerprint density at radius 3 is 2.75 bits per heavy atom. The van der Waals surface area contributed by atoms with Crippen molar-refractivity contribution in [2.45, 2.75) is 32.3 Å². The van der Waals surface area contributed by atoms with Crippen molar-refractivity contribution in [1.29, 1.82) is 0 Å².